The molecule has 188 valence electrons. The number of carbonyl (C=O) groups excluding carboxylic acids is 1. The molecule has 0 aliphatic rings. The van der Waals surface area contributed by atoms with E-state index in [4.69, 9.17) is 19.3 Å². The smallest absolute Gasteiger partial charge is 0.348 e. The first kappa shape index (κ1) is 29.4. The van der Waals surface area contributed by atoms with Crippen LogP contribution in [0.5, 0.6) is 11.5 Å². The van der Waals surface area contributed by atoms with Crippen molar-refractivity contribution in [1.29, 1.82) is 0 Å². The summed E-state index contributed by atoms with van der Waals surface area (Å²) in [6.07, 6.45) is 0. The van der Waals surface area contributed by atoms with Gasteiger partial charge in [-0.2, -0.15) is 0 Å². The topological polar surface area (TPSA) is 82.1 Å². The highest BCUT2D eigenvalue weighted by Gasteiger charge is 2.20. The van der Waals surface area contributed by atoms with E-state index in [0.29, 0.717) is 15.5 Å². The van der Waals surface area contributed by atoms with Crippen LogP contribution in [0.1, 0.15) is 40.1 Å². The molecule has 0 bridgehead atoms. The van der Waals surface area contributed by atoms with E-state index in [2.05, 4.69) is 31.9 Å². The minimum atomic E-state index is -0.897. The number of carbonyl (C=O) groups is 2. The first-order valence-electron chi connectivity index (χ1n) is 9.92. The van der Waals surface area contributed by atoms with Gasteiger partial charge in [0.2, 0.25) is 0 Å². The Morgan fingerprint density at radius 3 is 1.63 bits per heavy atom. The number of aromatic carboxylic acids is 1. The van der Waals surface area contributed by atoms with Gasteiger partial charge in [-0.25, -0.2) is 9.59 Å². The van der Waals surface area contributed by atoms with Gasteiger partial charge in [0, 0.05) is 9.40 Å². The molecular formula is C24H23Br2ClO6S2. The molecule has 0 atom stereocenters. The van der Waals surface area contributed by atoms with E-state index in [9.17, 15) is 9.59 Å². The number of halogens is 3. The molecule has 1 N–H and O–H groups in total. The van der Waals surface area contributed by atoms with Crippen molar-refractivity contribution < 1.29 is 28.9 Å². The molecule has 0 saturated heterocycles. The van der Waals surface area contributed by atoms with Crippen molar-refractivity contribution in [1.82, 2.24) is 0 Å². The predicted molar refractivity (Wildman–Crippen MR) is 152 cm³/mol. The molecule has 4 aromatic rings. The SMILES string of the molecule is COc1cc2sc(C(=O)O)cc2cc1Br.COc1cc2sc(C(=O)OC(C)(C)C)cc2cc1Br.Cl. The molecule has 0 aliphatic carbocycles. The number of hydrogen-bond acceptors (Lipinski definition) is 7. The fourth-order valence-electron chi connectivity index (χ4n) is 2.93. The highest BCUT2D eigenvalue weighted by Crippen LogP contribution is 2.36. The molecule has 0 aliphatic heterocycles. The van der Waals surface area contributed by atoms with Gasteiger partial charge in [0.1, 0.15) is 26.9 Å². The van der Waals surface area contributed by atoms with Gasteiger partial charge >= 0.3 is 11.9 Å². The third-order valence-corrected chi connectivity index (χ3v) is 7.80. The number of carboxylic acids is 1. The minimum absolute atomic E-state index is 0. The molecule has 6 nitrogen and oxygen atoms in total. The maximum Gasteiger partial charge on any atom is 0.348 e. The standard InChI is InChI=1S/C14H15BrO3S.C10H7BrO3S.ClH/c1-14(2,3)18-13(16)12-6-8-5-9(15)10(17-4)7-11(8)19-12;1-14-7-4-8-5(2-6(7)11)3-9(15-8)10(12)13;/h5-7H,1-4H3;2-4H,1H3,(H,12,13);1H. The van der Waals surface area contributed by atoms with Crippen LogP contribution in [0.25, 0.3) is 20.2 Å². The van der Waals surface area contributed by atoms with Crippen LogP contribution in [-0.2, 0) is 4.74 Å². The lowest BCUT2D eigenvalue weighted by Crippen LogP contribution is -2.23. The van der Waals surface area contributed by atoms with Gasteiger partial charge in [0.25, 0.3) is 0 Å². The van der Waals surface area contributed by atoms with Crippen molar-refractivity contribution in [2.75, 3.05) is 14.2 Å². The Balaban J connectivity index is 0.000000246. The largest absolute Gasteiger partial charge is 0.496 e. The van der Waals surface area contributed by atoms with E-state index in [-0.39, 0.29) is 18.4 Å². The Morgan fingerprint density at radius 1 is 0.800 bits per heavy atom. The number of ether oxygens (including phenoxy) is 3. The number of carboxylic acid groups (broad SMARTS) is 1. The summed E-state index contributed by atoms with van der Waals surface area (Å²) < 4.78 is 19.4. The van der Waals surface area contributed by atoms with Crippen LogP contribution >= 0.6 is 66.9 Å². The normalized spacial score (nSPS) is 10.8. The van der Waals surface area contributed by atoms with Gasteiger partial charge in [-0.05, 0) is 99.8 Å². The minimum Gasteiger partial charge on any atom is -0.496 e. The zero-order valence-corrected chi connectivity index (χ0v) is 25.1. The van der Waals surface area contributed by atoms with Crippen LogP contribution < -0.4 is 9.47 Å². The molecule has 11 heteroatoms. The van der Waals surface area contributed by atoms with Gasteiger partial charge in [-0.15, -0.1) is 35.1 Å². The summed E-state index contributed by atoms with van der Waals surface area (Å²) in [6.45, 7) is 5.58. The van der Waals surface area contributed by atoms with E-state index < -0.39 is 11.6 Å². The quantitative estimate of drug-likeness (QED) is 0.220. The Bertz CT molecular complexity index is 1370. The van der Waals surface area contributed by atoms with E-state index >= 15 is 0 Å². The lowest BCUT2D eigenvalue weighted by atomic mass is 10.2. The summed E-state index contributed by atoms with van der Waals surface area (Å²) in [4.78, 5) is 23.7. The molecule has 0 radical (unpaired) electrons. The molecule has 35 heavy (non-hydrogen) atoms. The van der Waals surface area contributed by atoms with Crippen molar-refractivity contribution in [3.63, 3.8) is 0 Å². The van der Waals surface area contributed by atoms with E-state index in [1.165, 1.54) is 22.7 Å². The van der Waals surface area contributed by atoms with E-state index in [0.717, 1.165) is 34.9 Å². The number of esters is 1. The van der Waals surface area contributed by atoms with Crippen LogP contribution in [0.3, 0.4) is 0 Å². The second-order valence-electron chi connectivity index (χ2n) is 8.08. The summed E-state index contributed by atoms with van der Waals surface area (Å²) in [5, 5.41) is 10.8. The molecule has 2 aromatic heterocycles. The lowest BCUT2D eigenvalue weighted by molar-refractivity contribution is 0.00751. The van der Waals surface area contributed by atoms with E-state index in [1.54, 1.807) is 20.3 Å². The van der Waals surface area contributed by atoms with Crippen LogP contribution in [0.15, 0.2) is 45.3 Å². The molecule has 4 rings (SSSR count). The van der Waals surface area contributed by atoms with E-state index in [1.807, 2.05) is 51.1 Å². The lowest BCUT2D eigenvalue weighted by Gasteiger charge is -2.18. The summed E-state index contributed by atoms with van der Waals surface area (Å²) in [6, 6.07) is 11.1. The highest BCUT2D eigenvalue weighted by atomic mass is 79.9. The number of benzene rings is 2. The fourth-order valence-corrected chi connectivity index (χ4v) is 5.84. The van der Waals surface area contributed by atoms with Crippen molar-refractivity contribution in [3.05, 3.63) is 55.1 Å². The number of rotatable bonds is 4. The number of thiophene rings is 2. The van der Waals surface area contributed by atoms with Crippen LogP contribution in [-0.4, -0.2) is 36.9 Å². The summed E-state index contributed by atoms with van der Waals surface area (Å²) in [5.74, 6) is 0.279. The maximum absolute atomic E-state index is 12.0. The van der Waals surface area contributed by atoms with Gasteiger partial charge in [-0.1, -0.05) is 0 Å². The first-order chi connectivity index (χ1) is 15.9. The zero-order chi connectivity index (χ0) is 25.2. The van der Waals surface area contributed by atoms with Crippen molar-refractivity contribution in [3.8, 4) is 11.5 Å². The predicted octanol–water partition coefficient (Wildman–Crippen LogP) is 8.42. The van der Waals surface area contributed by atoms with Gasteiger partial charge in [0.05, 0.1) is 23.2 Å². The molecule has 0 saturated carbocycles. The first-order valence-corrected chi connectivity index (χ1v) is 13.1. The van der Waals surface area contributed by atoms with Crippen molar-refractivity contribution in [2.24, 2.45) is 0 Å². The highest BCUT2D eigenvalue weighted by molar-refractivity contribution is 9.11. The molecule has 2 aromatic carbocycles. The molecular weight excluding hydrogens is 644 g/mol. The maximum atomic E-state index is 12.0. The van der Waals surface area contributed by atoms with Crippen molar-refractivity contribution >= 4 is 99.1 Å². The summed E-state index contributed by atoms with van der Waals surface area (Å²) >= 11 is 9.44. The second-order valence-corrected chi connectivity index (χ2v) is 12.0. The Kier molecular flexibility index (Phi) is 10.0. The average molecular weight is 667 g/mol. The second kappa shape index (κ2) is 11.9. The molecule has 0 unspecified atom stereocenters. The molecule has 0 spiro atoms. The van der Waals surface area contributed by atoms with Crippen LogP contribution in [0.4, 0.5) is 0 Å². The van der Waals surface area contributed by atoms with Gasteiger partial charge < -0.3 is 19.3 Å². The Labute approximate surface area is 233 Å². The van der Waals surface area contributed by atoms with Crippen LogP contribution in [0, 0.1) is 0 Å². The fraction of sp³-hybridized carbons (Fsp3) is 0.250. The summed E-state index contributed by atoms with van der Waals surface area (Å²) in [7, 11) is 3.20. The monoisotopic (exact) mass is 664 g/mol. The number of hydrogen-bond donors (Lipinski definition) is 1. The van der Waals surface area contributed by atoms with Crippen molar-refractivity contribution in [2.45, 2.75) is 26.4 Å². The van der Waals surface area contributed by atoms with Crippen LogP contribution in [0.2, 0.25) is 0 Å². The third kappa shape index (κ3) is 7.33. The molecule has 2 heterocycles. The third-order valence-electron chi connectivity index (χ3n) is 4.39. The Morgan fingerprint density at radius 2 is 1.23 bits per heavy atom. The zero-order valence-electron chi connectivity index (χ0n) is 19.4. The number of fused-ring (bicyclic) bond motifs is 2. The summed E-state index contributed by atoms with van der Waals surface area (Å²) in [5.41, 5.74) is -0.481. The Hall–Kier alpha value is -1.85. The van der Waals surface area contributed by atoms with Gasteiger partial charge in [-0.3, -0.25) is 0 Å². The average Bonchev–Trinajstić information content (AvgIpc) is 3.35. The molecule has 0 amide bonds. The van der Waals surface area contributed by atoms with Gasteiger partial charge in [0.15, 0.2) is 0 Å². The number of methoxy groups -OCH3 is 2. The molecule has 0 fully saturated rings.